The summed E-state index contributed by atoms with van der Waals surface area (Å²) in [6, 6.07) is 19.6. The molecule has 2 heterocycles. The summed E-state index contributed by atoms with van der Waals surface area (Å²) in [6.45, 7) is 1.64. The van der Waals surface area contributed by atoms with E-state index in [9.17, 15) is 15.8 Å². The molecule has 2 aliphatic rings. The molecule has 0 radical (unpaired) electrons. The third-order valence-corrected chi connectivity index (χ3v) is 6.77. The van der Waals surface area contributed by atoms with Gasteiger partial charge in [-0.2, -0.15) is 15.8 Å². The first-order valence-electron chi connectivity index (χ1n) is 9.03. The molecule has 1 N–H and O–H groups in total. The zero-order chi connectivity index (χ0) is 21.7. The molecule has 2 aromatic carbocycles. The van der Waals surface area contributed by atoms with E-state index in [-0.39, 0.29) is 15.6 Å². The van der Waals surface area contributed by atoms with Crippen molar-refractivity contribution in [3.8, 4) is 18.2 Å². The minimum absolute atomic E-state index is 0.180. The van der Waals surface area contributed by atoms with E-state index < -0.39 is 34.5 Å². The maximum atomic E-state index is 10.3. The van der Waals surface area contributed by atoms with Crippen molar-refractivity contribution >= 4 is 29.1 Å². The summed E-state index contributed by atoms with van der Waals surface area (Å²) in [5.74, 6) is -2.91. The van der Waals surface area contributed by atoms with Gasteiger partial charge in [-0.3, -0.25) is 5.41 Å². The lowest BCUT2D eigenvalue weighted by Crippen LogP contribution is -2.57. The quantitative estimate of drug-likeness (QED) is 0.702. The van der Waals surface area contributed by atoms with Crippen LogP contribution in [-0.4, -0.2) is 5.90 Å². The summed E-state index contributed by atoms with van der Waals surface area (Å²) in [4.78, 5) is 0. The second kappa shape index (κ2) is 6.73. The van der Waals surface area contributed by atoms with Crippen LogP contribution in [0.15, 0.2) is 48.5 Å². The molecule has 2 saturated heterocycles. The zero-order valence-electron chi connectivity index (χ0n) is 15.7. The number of hydrogen-bond donors (Lipinski definition) is 1. The van der Waals surface area contributed by atoms with Crippen LogP contribution >= 0.6 is 23.2 Å². The fourth-order valence-electron chi connectivity index (χ4n) is 4.56. The van der Waals surface area contributed by atoms with E-state index in [1.165, 1.54) is 0 Å². The molecule has 0 spiro atoms. The van der Waals surface area contributed by atoms with Crippen molar-refractivity contribution in [1.29, 1.82) is 21.2 Å². The smallest absolute Gasteiger partial charge is 0.244 e. The molecule has 2 fully saturated rings. The van der Waals surface area contributed by atoms with Crippen LogP contribution in [0.4, 0.5) is 0 Å². The highest BCUT2D eigenvalue weighted by molar-refractivity contribution is 6.36. The van der Waals surface area contributed by atoms with Gasteiger partial charge in [0.25, 0.3) is 0 Å². The van der Waals surface area contributed by atoms with E-state index in [1.807, 2.05) is 18.2 Å². The fourth-order valence-corrected chi connectivity index (χ4v) is 5.15. The van der Waals surface area contributed by atoms with Gasteiger partial charge in [0.05, 0.1) is 24.1 Å². The molecule has 0 saturated carbocycles. The molecule has 0 aliphatic carbocycles. The first-order chi connectivity index (χ1) is 14.3. The average Bonchev–Trinajstić information content (AvgIpc) is 2.91. The topological polar surface area (TPSA) is 114 Å². The predicted molar refractivity (Wildman–Crippen MR) is 108 cm³/mol. The molecule has 0 aromatic heterocycles. The zero-order valence-corrected chi connectivity index (χ0v) is 17.2. The van der Waals surface area contributed by atoms with Gasteiger partial charge in [-0.05, 0) is 12.1 Å². The molecule has 2 aliphatic heterocycles. The van der Waals surface area contributed by atoms with Crippen LogP contribution in [-0.2, 0) is 15.3 Å². The maximum absolute atomic E-state index is 10.3. The van der Waals surface area contributed by atoms with E-state index >= 15 is 0 Å². The summed E-state index contributed by atoms with van der Waals surface area (Å²) in [5.41, 5.74) is -3.27. The van der Waals surface area contributed by atoms with Gasteiger partial charge < -0.3 is 9.47 Å². The van der Waals surface area contributed by atoms with E-state index in [0.29, 0.717) is 5.56 Å². The Bertz CT molecular complexity index is 1150. The lowest BCUT2D eigenvalue weighted by Gasteiger charge is -2.49. The van der Waals surface area contributed by atoms with Gasteiger partial charge in [0.15, 0.2) is 5.41 Å². The van der Waals surface area contributed by atoms with Gasteiger partial charge in [0.1, 0.15) is 6.10 Å². The molecule has 2 bridgehead atoms. The van der Waals surface area contributed by atoms with Gasteiger partial charge in [-0.25, -0.2) is 0 Å². The standard InChI is InChI=1S/C22H14Cl2N4O2/c1-13-21(12-27)19(28)30-22(13,14-6-3-2-4-7-14)29-18(20(21,10-25)11-26)17-15(23)8-5-9-16(17)24/h2-9,13,18,28H,1H3. The molecular formula is C22H14Cl2N4O2. The van der Waals surface area contributed by atoms with Gasteiger partial charge >= 0.3 is 0 Å². The number of halogens is 2. The van der Waals surface area contributed by atoms with Crippen LogP contribution in [0.25, 0.3) is 0 Å². The molecule has 30 heavy (non-hydrogen) atoms. The average molecular weight is 437 g/mol. The van der Waals surface area contributed by atoms with E-state index in [4.69, 9.17) is 38.1 Å². The summed E-state index contributed by atoms with van der Waals surface area (Å²) >= 11 is 12.8. The van der Waals surface area contributed by atoms with Crippen molar-refractivity contribution in [2.45, 2.75) is 18.8 Å². The molecule has 4 rings (SSSR count). The summed E-state index contributed by atoms with van der Waals surface area (Å²) in [7, 11) is 0. The summed E-state index contributed by atoms with van der Waals surface area (Å²) < 4.78 is 12.3. The Kier molecular flexibility index (Phi) is 4.53. The maximum Gasteiger partial charge on any atom is 0.244 e. The van der Waals surface area contributed by atoms with Gasteiger partial charge in [0.2, 0.25) is 17.1 Å². The highest BCUT2D eigenvalue weighted by atomic mass is 35.5. The van der Waals surface area contributed by atoms with Gasteiger partial charge in [-0.1, -0.05) is 66.5 Å². The monoisotopic (exact) mass is 436 g/mol. The van der Waals surface area contributed by atoms with Crippen molar-refractivity contribution in [2.24, 2.45) is 16.7 Å². The second-order valence-corrected chi connectivity index (χ2v) is 8.09. The minimum Gasteiger partial charge on any atom is -0.443 e. The number of rotatable bonds is 2. The van der Waals surface area contributed by atoms with E-state index in [2.05, 4.69) is 6.07 Å². The Labute approximate surface area is 183 Å². The van der Waals surface area contributed by atoms with Crippen molar-refractivity contribution in [1.82, 2.24) is 0 Å². The van der Waals surface area contributed by atoms with Crippen molar-refractivity contribution in [3.63, 3.8) is 0 Å². The molecule has 8 heteroatoms. The Morgan fingerprint density at radius 1 is 0.933 bits per heavy atom. The van der Waals surface area contributed by atoms with Gasteiger partial charge in [0, 0.05) is 21.2 Å². The van der Waals surface area contributed by atoms with Crippen molar-refractivity contribution in [2.75, 3.05) is 0 Å². The first kappa shape index (κ1) is 20.2. The third kappa shape index (κ3) is 2.18. The molecule has 4 atom stereocenters. The Hall–Kier alpha value is -3.08. The lowest BCUT2D eigenvalue weighted by molar-refractivity contribution is -0.288. The predicted octanol–water partition coefficient (Wildman–Crippen LogP) is 5.10. The highest BCUT2D eigenvalue weighted by Crippen LogP contribution is 2.69. The van der Waals surface area contributed by atoms with Gasteiger partial charge in [-0.15, -0.1) is 0 Å². The highest BCUT2D eigenvalue weighted by Gasteiger charge is 2.80. The number of benzene rings is 2. The second-order valence-electron chi connectivity index (χ2n) is 7.27. The number of hydrogen-bond acceptors (Lipinski definition) is 6. The van der Waals surface area contributed by atoms with Crippen molar-refractivity contribution in [3.05, 3.63) is 69.7 Å². The van der Waals surface area contributed by atoms with Crippen LogP contribution in [0.1, 0.15) is 24.2 Å². The lowest BCUT2D eigenvalue weighted by atomic mass is 9.53. The number of ether oxygens (including phenoxy) is 2. The normalized spacial score (nSPS) is 31.1. The van der Waals surface area contributed by atoms with Crippen LogP contribution in [0, 0.1) is 56.2 Å². The minimum atomic E-state index is -2.12. The van der Waals surface area contributed by atoms with E-state index in [0.717, 1.165) is 0 Å². The fraction of sp³-hybridized carbons (Fsp3) is 0.273. The Balaban J connectivity index is 2.10. The number of fused-ring (bicyclic) bond motifs is 2. The van der Waals surface area contributed by atoms with Crippen molar-refractivity contribution < 1.29 is 9.47 Å². The number of nitrogens with zero attached hydrogens (tertiary/aromatic N) is 3. The molecule has 4 unspecified atom stereocenters. The Morgan fingerprint density at radius 2 is 1.53 bits per heavy atom. The molecule has 6 nitrogen and oxygen atoms in total. The van der Waals surface area contributed by atoms with Crippen LogP contribution in [0.5, 0.6) is 0 Å². The third-order valence-electron chi connectivity index (χ3n) is 6.11. The molecule has 148 valence electrons. The van der Waals surface area contributed by atoms with Crippen LogP contribution in [0.3, 0.4) is 0 Å². The molecule has 0 amide bonds. The first-order valence-corrected chi connectivity index (χ1v) is 9.79. The molecular weight excluding hydrogens is 423 g/mol. The largest absolute Gasteiger partial charge is 0.443 e. The van der Waals surface area contributed by atoms with E-state index in [1.54, 1.807) is 49.4 Å². The molecule has 2 aromatic rings. The summed E-state index contributed by atoms with van der Waals surface area (Å²) in [5, 5.41) is 39.6. The number of nitrogens with one attached hydrogen (secondary N) is 1. The SMILES string of the molecule is CC1C2(c3ccccc3)OC(=N)C1(C#N)C(C#N)(C#N)C(c1c(Cl)cccc1Cl)O2. The Morgan fingerprint density at radius 3 is 2.07 bits per heavy atom. The summed E-state index contributed by atoms with van der Waals surface area (Å²) in [6.07, 6.45) is -1.34. The van der Waals surface area contributed by atoms with Crippen LogP contribution < -0.4 is 0 Å². The number of nitriles is 3. The van der Waals surface area contributed by atoms with Crippen LogP contribution in [0.2, 0.25) is 10.0 Å².